The second-order valence-electron chi connectivity index (χ2n) is 5.45. The molecule has 0 fully saturated rings. The van der Waals surface area contributed by atoms with Gasteiger partial charge in [-0.3, -0.25) is 0 Å². The summed E-state index contributed by atoms with van der Waals surface area (Å²) in [6.45, 7) is 0. The van der Waals surface area contributed by atoms with Crippen LogP contribution in [-0.4, -0.2) is 10.1 Å². The van der Waals surface area contributed by atoms with Gasteiger partial charge in [-0.15, -0.1) is 0 Å². The van der Waals surface area contributed by atoms with Crippen molar-refractivity contribution in [3.63, 3.8) is 0 Å². The third-order valence-corrected chi connectivity index (χ3v) is 4.71. The zero-order valence-electron chi connectivity index (χ0n) is 13.6. The molecule has 26 heavy (non-hydrogen) atoms. The second-order valence-corrected chi connectivity index (χ2v) is 7.21. The van der Waals surface area contributed by atoms with Gasteiger partial charge in [-0.2, -0.15) is 4.57 Å². The van der Waals surface area contributed by atoms with E-state index in [0.717, 1.165) is 10.2 Å². The number of thiocarbonyl (C=S) groups is 1. The lowest BCUT2D eigenvalue weighted by Gasteiger charge is -2.10. The van der Waals surface area contributed by atoms with Crippen molar-refractivity contribution in [3.8, 4) is 0 Å². The fourth-order valence-corrected chi connectivity index (χ4v) is 3.07. The number of aliphatic hydroxyl groups excluding tert-OH is 1. The van der Waals surface area contributed by atoms with E-state index in [1.807, 2.05) is 67.0 Å². The second kappa shape index (κ2) is 8.45. The first kappa shape index (κ1) is 18.6. The average Bonchev–Trinajstić information content (AvgIpc) is 2.65. The minimum atomic E-state index is 0.0835. The normalized spacial score (nSPS) is 11.6. The Kier molecular flexibility index (Phi) is 6.04. The molecule has 0 saturated carbocycles. The van der Waals surface area contributed by atoms with Gasteiger partial charge in [0.25, 0.3) is 5.70 Å². The van der Waals surface area contributed by atoms with E-state index in [2.05, 4.69) is 21.2 Å². The lowest BCUT2D eigenvalue weighted by atomic mass is 10.1. The summed E-state index contributed by atoms with van der Waals surface area (Å²) in [5.74, 6) is 0.0835. The highest BCUT2D eigenvalue weighted by molar-refractivity contribution is 9.10. The Morgan fingerprint density at radius 1 is 0.962 bits per heavy atom. The van der Waals surface area contributed by atoms with Gasteiger partial charge in [-0.1, -0.05) is 45.8 Å². The van der Waals surface area contributed by atoms with Crippen LogP contribution in [0, 0.1) is 0 Å². The lowest BCUT2D eigenvalue weighted by Crippen LogP contribution is -2.38. The zero-order chi connectivity index (χ0) is 18.5. The highest BCUT2D eigenvalue weighted by Crippen LogP contribution is 2.21. The molecule has 1 aromatic heterocycles. The topological polar surface area (TPSA) is 36.1 Å². The largest absolute Gasteiger partial charge is 0.502 e. The van der Waals surface area contributed by atoms with Crippen molar-refractivity contribution < 1.29 is 9.67 Å². The van der Waals surface area contributed by atoms with Crippen LogP contribution in [0.2, 0.25) is 5.02 Å². The van der Waals surface area contributed by atoms with E-state index in [4.69, 9.17) is 23.8 Å². The molecule has 0 bridgehead atoms. The molecule has 3 rings (SSSR count). The van der Waals surface area contributed by atoms with Crippen LogP contribution in [0.3, 0.4) is 0 Å². The molecule has 130 valence electrons. The minimum Gasteiger partial charge on any atom is -0.502 e. The standard InChI is InChI=1S/C20H14BrClN2OS/c21-15-6-4-14(5-7-15)19(25)18(24-12-2-1-3-13-24)20(26)23-17-10-8-16(22)9-11-17/h1-13H,(H-,23,25,26)/p+1. The van der Waals surface area contributed by atoms with Crippen molar-refractivity contribution in [1.82, 2.24) is 0 Å². The van der Waals surface area contributed by atoms with Crippen LogP contribution in [0.4, 0.5) is 5.69 Å². The fourth-order valence-electron chi connectivity index (χ4n) is 2.36. The van der Waals surface area contributed by atoms with Crippen LogP contribution >= 0.6 is 39.7 Å². The maximum Gasteiger partial charge on any atom is 0.288 e. The Bertz CT molecular complexity index is 942. The third-order valence-electron chi connectivity index (χ3n) is 3.63. The van der Waals surface area contributed by atoms with Gasteiger partial charge in [-0.25, -0.2) is 0 Å². The maximum absolute atomic E-state index is 10.9. The van der Waals surface area contributed by atoms with Crippen LogP contribution in [0.15, 0.2) is 83.6 Å². The highest BCUT2D eigenvalue weighted by Gasteiger charge is 2.23. The van der Waals surface area contributed by atoms with Gasteiger partial charge in [0.15, 0.2) is 23.1 Å². The van der Waals surface area contributed by atoms with Crippen LogP contribution in [-0.2, 0) is 0 Å². The number of rotatable bonds is 4. The first-order valence-corrected chi connectivity index (χ1v) is 9.35. The van der Waals surface area contributed by atoms with Crippen molar-refractivity contribution in [3.05, 3.63) is 94.2 Å². The van der Waals surface area contributed by atoms with Gasteiger partial charge in [-0.05, 0) is 48.5 Å². The van der Waals surface area contributed by atoms with Gasteiger partial charge < -0.3 is 10.4 Å². The number of hydrogen-bond donors (Lipinski definition) is 2. The van der Waals surface area contributed by atoms with E-state index in [1.54, 1.807) is 16.7 Å². The predicted octanol–water partition coefficient (Wildman–Crippen LogP) is 5.71. The van der Waals surface area contributed by atoms with Crippen molar-refractivity contribution >= 4 is 61.9 Å². The molecule has 1 heterocycles. The van der Waals surface area contributed by atoms with Gasteiger partial charge in [0.1, 0.15) is 0 Å². The lowest BCUT2D eigenvalue weighted by molar-refractivity contribution is -0.575. The van der Waals surface area contributed by atoms with E-state index in [1.165, 1.54) is 0 Å². The Morgan fingerprint density at radius 3 is 2.19 bits per heavy atom. The van der Waals surface area contributed by atoms with Crippen molar-refractivity contribution in [2.45, 2.75) is 0 Å². The molecule has 0 atom stereocenters. The summed E-state index contributed by atoms with van der Waals surface area (Å²) >= 11 is 14.9. The highest BCUT2D eigenvalue weighted by atomic mass is 79.9. The number of hydrogen-bond acceptors (Lipinski definition) is 2. The van der Waals surface area contributed by atoms with Crippen LogP contribution in [0.5, 0.6) is 0 Å². The number of aromatic nitrogens is 1. The van der Waals surface area contributed by atoms with Crippen LogP contribution < -0.4 is 9.88 Å². The molecule has 0 unspecified atom stereocenters. The summed E-state index contributed by atoms with van der Waals surface area (Å²) in [5.41, 5.74) is 1.94. The van der Waals surface area contributed by atoms with Crippen LogP contribution in [0.1, 0.15) is 5.56 Å². The van der Waals surface area contributed by atoms with E-state index in [0.29, 0.717) is 21.3 Å². The number of nitrogens with one attached hydrogen (secondary N) is 1. The predicted molar refractivity (Wildman–Crippen MR) is 114 cm³/mol. The molecule has 3 nitrogen and oxygen atoms in total. The number of halogens is 2. The number of benzene rings is 2. The molecule has 0 aliphatic rings. The Morgan fingerprint density at radius 2 is 1.58 bits per heavy atom. The van der Waals surface area contributed by atoms with Crippen molar-refractivity contribution in [2.24, 2.45) is 0 Å². The maximum atomic E-state index is 10.9. The van der Waals surface area contributed by atoms with Gasteiger partial charge in [0, 0.05) is 32.9 Å². The number of aliphatic hydroxyl groups is 1. The quantitative estimate of drug-likeness (QED) is 0.233. The SMILES string of the molecule is O/C(=C(\C(=S)Nc1ccc(Cl)cc1)[n+]1ccccc1)c1ccc(Br)cc1. The summed E-state index contributed by atoms with van der Waals surface area (Å²) in [6, 6.07) is 20.3. The summed E-state index contributed by atoms with van der Waals surface area (Å²) in [6.07, 6.45) is 3.67. The molecule has 2 aromatic carbocycles. The van der Waals surface area contributed by atoms with Gasteiger partial charge in [0.2, 0.25) is 0 Å². The van der Waals surface area contributed by atoms with Crippen molar-refractivity contribution in [1.29, 1.82) is 0 Å². The number of nitrogens with zero attached hydrogens (tertiary/aromatic N) is 1. The molecular formula is C20H15BrClN2OS+. The third kappa shape index (κ3) is 4.49. The first-order valence-electron chi connectivity index (χ1n) is 7.77. The summed E-state index contributed by atoms with van der Waals surface area (Å²) in [5, 5.41) is 14.7. The zero-order valence-corrected chi connectivity index (χ0v) is 16.7. The number of anilines is 1. The Hall–Kier alpha value is -2.21. The summed E-state index contributed by atoms with van der Waals surface area (Å²) in [4.78, 5) is 0.393. The van der Waals surface area contributed by atoms with E-state index in [9.17, 15) is 5.11 Å². The number of pyridine rings is 1. The molecular weight excluding hydrogens is 432 g/mol. The molecule has 0 saturated heterocycles. The Balaban J connectivity index is 2.03. The minimum absolute atomic E-state index is 0.0835. The molecule has 6 heteroatoms. The molecule has 2 N–H and O–H groups in total. The fraction of sp³-hybridized carbons (Fsp3) is 0. The van der Waals surface area contributed by atoms with Crippen molar-refractivity contribution in [2.75, 3.05) is 5.32 Å². The summed E-state index contributed by atoms with van der Waals surface area (Å²) < 4.78 is 2.72. The molecule has 0 radical (unpaired) electrons. The average molecular weight is 447 g/mol. The molecule has 0 spiro atoms. The van der Waals surface area contributed by atoms with E-state index < -0.39 is 0 Å². The van der Waals surface area contributed by atoms with E-state index >= 15 is 0 Å². The Labute approximate surface area is 170 Å². The van der Waals surface area contributed by atoms with Gasteiger partial charge >= 0.3 is 0 Å². The van der Waals surface area contributed by atoms with Gasteiger partial charge in [0.05, 0.1) is 0 Å². The van der Waals surface area contributed by atoms with E-state index in [-0.39, 0.29) is 5.76 Å². The smallest absolute Gasteiger partial charge is 0.288 e. The molecule has 0 aliphatic carbocycles. The molecule has 0 amide bonds. The first-order chi connectivity index (χ1) is 12.5. The molecule has 3 aromatic rings. The molecule has 0 aliphatic heterocycles. The van der Waals surface area contributed by atoms with Crippen LogP contribution in [0.25, 0.3) is 11.5 Å². The monoisotopic (exact) mass is 445 g/mol. The summed E-state index contributed by atoms with van der Waals surface area (Å²) in [7, 11) is 0.